The molecule has 0 spiro atoms. The van der Waals surface area contributed by atoms with Crippen molar-refractivity contribution in [2.75, 3.05) is 21.2 Å². The molecule has 0 aliphatic carbocycles. The van der Waals surface area contributed by atoms with E-state index in [-0.39, 0.29) is 4.90 Å². The van der Waals surface area contributed by atoms with Gasteiger partial charge in [-0.25, -0.2) is 14.5 Å². The Bertz CT molecular complexity index is 1630. The first-order chi connectivity index (χ1) is 18.3. The van der Waals surface area contributed by atoms with Gasteiger partial charge in [0.1, 0.15) is 36.2 Å². The van der Waals surface area contributed by atoms with E-state index >= 15 is 0 Å². The van der Waals surface area contributed by atoms with Crippen LogP contribution in [-0.2, 0) is 34.1 Å². The van der Waals surface area contributed by atoms with Crippen LogP contribution >= 0.6 is 22.6 Å². The highest BCUT2D eigenvalue weighted by molar-refractivity contribution is 14.1. The van der Waals surface area contributed by atoms with Crippen molar-refractivity contribution in [1.82, 2.24) is 19.5 Å². The van der Waals surface area contributed by atoms with Crippen LogP contribution in [0.1, 0.15) is 36.8 Å². The number of aliphatic imine (C=N–C) groups is 1. The van der Waals surface area contributed by atoms with Gasteiger partial charge in [0, 0.05) is 23.2 Å². The molecule has 0 radical (unpaired) electrons. The van der Waals surface area contributed by atoms with Gasteiger partial charge < -0.3 is 19.1 Å². The highest BCUT2D eigenvalue weighted by Gasteiger charge is 2.66. The van der Waals surface area contributed by atoms with Gasteiger partial charge in [-0.3, -0.25) is 4.18 Å². The summed E-state index contributed by atoms with van der Waals surface area (Å²) >= 11 is 2.14. The number of nitriles is 1. The van der Waals surface area contributed by atoms with Crippen LogP contribution in [0.25, 0.3) is 5.52 Å². The smallest absolute Gasteiger partial charge is 0.297 e. The molecule has 12 nitrogen and oxygen atoms in total. The van der Waals surface area contributed by atoms with Crippen LogP contribution in [0.3, 0.4) is 0 Å². The number of rotatable bonds is 6. The second-order valence-electron chi connectivity index (χ2n) is 10.00. The standard InChI is InChI=1S/C25H27IN6O6S/c1-14-7-8-17(39(33,34)35-6)15(9-14)20-21-22(38-24(2,3)36-21)25(11-27,37-20)18-10-16(26)19-23(29-13-31(4)5)28-12-30-32(18)19/h7-10,12-13,20-22H,1-6H3/b29-13+/t20-,21-,22-,25?/m1/s1. The Morgan fingerprint density at radius 3 is 2.67 bits per heavy atom. The Labute approximate surface area is 239 Å². The topological polar surface area (TPSA) is 141 Å². The van der Waals surface area contributed by atoms with E-state index in [0.717, 1.165) is 16.2 Å². The lowest BCUT2D eigenvalue weighted by atomic mass is 9.91. The molecule has 39 heavy (non-hydrogen) atoms. The summed E-state index contributed by atoms with van der Waals surface area (Å²) in [5.41, 5.74) is 0.361. The molecule has 4 atom stereocenters. The fraction of sp³-hybridized carbons (Fsp3) is 0.440. The zero-order valence-electron chi connectivity index (χ0n) is 22.1. The SMILES string of the molecule is COS(=O)(=O)c1ccc(C)cc1[C@H]1OC(C#N)(c2cc(I)c3c(/N=C/N(C)C)ncnn23)[C@@H]2OC(C)(C)O[C@H]12. The van der Waals surface area contributed by atoms with Gasteiger partial charge in [0.15, 0.2) is 11.6 Å². The number of benzene rings is 1. The van der Waals surface area contributed by atoms with Crippen molar-refractivity contribution < 1.29 is 26.8 Å². The van der Waals surface area contributed by atoms with Gasteiger partial charge in [0.05, 0.1) is 24.0 Å². The van der Waals surface area contributed by atoms with Gasteiger partial charge in [0.2, 0.25) is 5.60 Å². The number of hydrogen-bond donors (Lipinski definition) is 0. The molecule has 1 aromatic carbocycles. The summed E-state index contributed by atoms with van der Waals surface area (Å²) in [7, 11) is 0.679. The second-order valence-corrected chi connectivity index (χ2v) is 12.8. The van der Waals surface area contributed by atoms with Gasteiger partial charge in [-0.2, -0.15) is 18.8 Å². The predicted molar refractivity (Wildman–Crippen MR) is 148 cm³/mol. The number of aromatic nitrogens is 3. The fourth-order valence-corrected chi connectivity index (χ4v) is 6.62. The lowest BCUT2D eigenvalue weighted by Gasteiger charge is -2.29. The van der Waals surface area contributed by atoms with Crippen molar-refractivity contribution in [2.45, 2.75) is 55.4 Å². The third-order valence-corrected chi connectivity index (χ3v) is 8.72. The Morgan fingerprint density at radius 2 is 2.00 bits per heavy atom. The number of fused-ring (bicyclic) bond motifs is 2. The van der Waals surface area contributed by atoms with E-state index in [9.17, 15) is 13.7 Å². The van der Waals surface area contributed by atoms with Crippen LogP contribution in [-0.4, -0.2) is 73.5 Å². The maximum atomic E-state index is 12.9. The second kappa shape index (κ2) is 9.75. The Hall–Kier alpha value is -2.68. The number of aryl methyl sites for hydroxylation is 1. The van der Waals surface area contributed by atoms with E-state index in [1.54, 1.807) is 47.8 Å². The van der Waals surface area contributed by atoms with Crippen molar-refractivity contribution in [1.29, 1.82) is 5.26 Å². The molecule has 4 heterocycles. The molecular weight excluding hydrogens is 639 g/mol. The summed E-state index contributed by atoms with van der Waals surface area (Å²) in [4.78, 5) is 10.5. The molecule has 206 valence electrons. The fourth-order valence-electron chi connectivity index (χ4n) is 4.98. The molecule has 1 unspecified atom stereocenters. The van der Waals surface area contributed by atoms with Crippen LogP contribution < -0.4 is 0 Å². The minimum atomic E-state index is -4.10. The van der Waals surface area contributed by atoms with Gasteiger partial charge in [-0.1, -0.05) is 17.7 Å². The maximum absolute atomic E-state index is 12.9. The Kier molecular flexibility index (Phi) is 6.97. The molecule has 0 N–H and O–H groups in total. The summed E-state index contributed by atoms with van der Waals surface area (Å²) in [5.74, 6) is -0.662. The van der Waals surface area contributed by atoms with E-state index in [4.69, 9.17) is 18.4 Å². The van der Waals surface area contributed by atoms with Crippen molar-refractivity contribution in [3.8, 4) is 6.07 Å². The first kappa shape index (κ1) is 27.9. The van der Waals surface area contributed by atoms with Crippen molar-refractivity contribution in [2.24, 2.45) is 4.99 Å². The number of halogens is 1. The first-order valence-electron chi connectivity index (χ1n) is 11.9. The quantitative estimate of drug-likeness (QED) is 0.167. The molecule has 0 bridgehead atoms. The molecule has 0 saturated carbocycles. The van der Waals surface area contributed by atoms with Crippen molar-refractivity contribution in [3.63, 3.8) is 0 Å². The van der Waals surface area contributed by atoms with Crippen molar-refractivity contribution >= 4 is 50.4 Å². The molecule has 0 amide bonds. The van der Waals surface area contributed by atoms with Crippen LogP contribution in [0, 0.1) is 21.8 Å². The Balaban J connectivity index is 1.73. The molecule has 2 saturated heterocycles. The van der Waals surface area contributed by atoms with Crippen LogP contribution in [0.2, 0.25) is 0 Å². The van der Waals surface area contributed by atoms with Crippen LogP contribution in [0.15, 0.2) is 40.5 Å². The van der Waals surface area contributed by atoms with Gasteiger partial charge in [-0.05, 0) is 55.5 Å². The molecule has 3 aromatic rings. The third kappa shape index (κ3) is 4.60. The van der Waals surface area contributed by atoms with E-state index in [2.05, 4.69) is 43.7 Å². The summed E-state index contributed by atoms with van der Waals surface area (Å²) in [6, 6.07) is 8.94. The summed E-state index contributed by atoms with van der Waals surface area (Å²) in [5, 5.41) is 15.2. The van der Waals surface area contributed by atoms with Crippen LogP contribution in [0.5, 0.6) is 0 Å². The van der Waals surface area contributed by atoms with Gasteiger partial charge >= 0.3 is 0 Å². The van der Waals surface area contributed by atoms with E-state index in [1.165, 1.54) is 12.4 Å². The van der Waals surface area contributed by atoms with Crippen molar-refractivity contribution in [3.05, 3.63) is 51.0 Å². The average molecular weight is 666 g/mol. The highest BCUT2D eigenvalue weighted by atomic mass is 127. The van der Waals surface area contributed by atoms with Crippen LogP contribution in [0.4, 0.5) is 5.82 Å². The number of nitrogens with zero attached hydrogens (tertiary/aromatic N) is 6. The Morgan fingerprint density at radius 1 is 1.26 bits per heavy atom. The highest BCUT2D eigenvalue weighted by Crippen LogP contribution is 2.55. The minimum absolute atomic E-state index is 0.0707. The van der Waals surface area contributed by atoms with E-state index < -0.39 is 39.8 Å². The molecule has 2 fully saturated rings. The monoisotopic (exact) mass is 666 g/mol. The number of ether oxygens (including phenoxy) is 3. The average Bonchev–Trinajstić information content (AvgIpc) is 3.49. The summed E-state index contributed by atoms with van der Waals surface area (Å²) in [6.07, 6.45) is 0.258. The molecule has 2 aliphatic heterocycles. The molecule has 14 heteroatoms. The van der Waals surface area contributed by atoms with Gasteiger partial charge in [-0.15, -0.1) is 0 Å². The van der Waals surface area contributed by atoms with E-state index in [0.29, 0.717) is 22.6 Å². The van der Waals surface area contributed by atoms with E-state index in [1.807, 2.05) is 21.0 Å². The lowest BCUT2D eigenvalue weighted by Crippen LogP contribution is -2.40. The molecule has 2 aromatic heterocycles. The lowest BCUT2D eigenvalue weighted by molar-refractivity contribution is -0.202. The first-order valence-corrected chi connectivity index (χ1v) is 14.4. The van der Waals surface area contributed by atoms with Gasteiger partial charge in [0.25, 0.3) is 10.1 Å². The third-order valence-electron chi connectivity index (χ3n) is 6.55. The molecular formula is C25H27IN6O6S. The maximum Gasteiger partial charge on any atom is 0.297 e. The summed E-state index contributed by atoms with van der Waals surface area (Å²) in [6.45, 7) is 5.32. The minimum Gasteiger partial charge on any atom is -0.369 e. The normalized spacial score (nSPS) is 26.3. The number of hydrogen-bond acceptors (Lipinski definition) is 10. The zero-order chi connectivity index (χ0) is 28.3. The zero-order valence-corrected chi connectivity index (χ0v) is 25.1. The molecule has 5 rings (SSSR count). The largest absolute Gasteiger partial charge is 0.369 e. The summed E-state index contributed by atoms with van der Waals surface area (Å²) < 4.78 is 52.0. The molecule has 2 aliphatic rings. The predicted octanol–water partition coefficient (Wildman–Crippen LogP) is 3.21.